The van der Waals surface area contributed by atoms with Gasteiger partial charge in [0, 0.05) is 16.8 Å². The fraction of sp³-hybridized carbons (Fsp3) is 0.400. The van der Waals surface area contributed by atoms with Crippen LogP contribution in [0.4, 0.5) is 5.69 Å². The van der Waals surface area contributed by atoms with Gasteiger partial charge in [-0.2, -0.15) is 0 Å². The first kappa shape index (κ1) is 10.2. The van der Waals surface area contributed by atoms with E-state index in [1.54, 1.807) is 6.07 Å². The van der Waals surface area contributed by atoms with Crippen LogP contribution in [0, 0.1) is 5.92 Å². The molecule has 0 radical (unpaired) electrons. The number of phenolic OH excluding ortho intramolecular Hbond substituents is 1. The van der Waals surface area contributed by atoms with E-state index in [-0.39, 0.29) is 5.75 Å². The number of nitrogens with two attached hydrogens (primary N) is 1. The maximum absolute atomic E-state index is 8.83. The third-order valence-electron chi connectivity index (χ3n) is 1.77. The molecule has 0 bridgehead atoms. The van der Waals surface area contributed by atoms with E-state index in [0.29, 0.717) is 10.7 Å². The van der Waals surface area contributed by atoms with Crippen molar-refractivity contribution in [1.29, 1.82) is 0 Å². The second-order valence-corrected chi connectivity index (χ2v) is 3.86. The smallest absolute Gasteiger partial charge is 0.119 e. The molecular formula is C10H14ClNO. The number of anilines is 1. The van der Waals surface area contributed by atoms with Crippen LogP contribution in [-0.4, -0.2) is 5.11 Å². The van der Waals surface area contributed by atoms with Crippen LogP contribution >= 0.6 is 11.6 Å². The topological polar surface area (TPSA) is 46.2 Å². The molecule has 0 unspecified atom stereocenters. The Morgan fingerprint density at radius 3 is 2.23 bits per heavy atom. The Labute approximate surface area is 83.3 Å². The lowest BCUT2D eigenvalue weighted by Crippen LogP contribution is -1.82. The van der Waals surface area contributed by atoms with Gasteiger partial charge in [-0.15, -0.1) is 0 Å². The van der Waals surface area contributed by atoms with Gasteiger partial charge < -0.3 is 10.8 Å². The van der Waals surface area contributed by atoms with E-state index in [9.17, 15) is 0 Å². The molecule has 2 rings (SSSR count). The molecule has 1 aromatic carbocycles. The Balaban J connectivity index is 0.000000175. The number of benzene rings is 1. The fourth-order valence-electron chi connectivity index (χ4n) is 0.763. The molecule has 0 spiro atoms. The summed E-state index contributed by atoms with van der Waals surface area (Å²) in [5, 5.41) is 9.28. The summed E-state index contributed by atoms with van der Waals surface area (Å²) in [6.45, 7) is 2.28. The molecule has 1 aliphatic rings. The van der Waals surface area contributed by atoms with E-state index < -0.39 is 0 Å². The second kappa shape index (κ2) is 4.38. The lowest BCUT2D eigenvalue weighted by molar-refractivity contribution is 0.475. The number of nitrogen functional groups attached to an aromatic ring is 1. The first-order chi connectivity index (χ1) is 6.08. The molecule has 0 saturated heterocycles. The largest absolute Gasteiger partial charge is 0.508 e. The van der Waals surface area contributed by atoms with Crippen LogP contribution < -0.4 is 5.73 Å². The summed E-state index contributed by atoms with van der Waals surface area (Å²) < 4.78 is 0. The molecule has 1 aliphatic carbocycles. The number of halogens is 1. The molecule has 13 heavy (non-hydrogen) atoms. The summed E-state index contributed by atoms with van der Waals surface area (Å²) in [4.78, 5) is 0. The summed E-state index contributed by atoms with van der Waals surface area (Å²) in [7, 11) is 0. The highest BCUT2D eigenvalue weighted by Crippen LogP contribution is 2.26. The normalized spacial score (nSPS) is 14.6. The molecule has 3 heteroatoms. The summed E-state index contributed by atoms with van der Waals surface area (Å²) in [6.07, 6.45) is 2.97. The second-order valence-electron chi connectivity index (χ2n) is 3.43. The van der Waals surface area contributed by atoms with Crippen molar-refractivity contribution in [1.82, 2.24) is 0 Å². The SMILES string of the molecule is CC1CC1.Nc1cc(O)cc(Cl)c1. The van der Waals surface area contributed by atoms with E-state index in [1.807, 2.05) is 0 Å². The van der Waals surface area contributed by atoms with Crippen LogP contribution in [0.5, 0.6) is 5.75 Å². The highest BCUT2D eigenvalue weighted by Gasteiger charge is 2.12. The first-order valence-electron chi connectivity index (χ1n) is 4.33. The van der Waals surface area contributed by atoms with Crippen LogP contribution in [-0.2, 0) is 0 Å². The molecule has 72 valence electrons. The van der Waals surface area contributed by atoms with Gasteiger partial charge in [0.1, 0.15) is 5.75 Å². The van der Waals surface area contributed by atoms with Gasteiger partial charge >= 0.3 is 0 Å². The Morgan fingerprint density at radius 2 is 1.92 bits per heavy atom. The zero-order valence-electron chi connectivity index (χ0n) is 7.63. The molecule has 0 amide bonds. The van der Waals surface area contributed by atoms with Crippen molar-refractivity contribution in [2.75, 3.05) is 5.73 Å². The van der Waals surface area contributed by atoms with Gasteiger partial charge in [0.25, 0.3) is 0 Å². The van der Waals surface area contributed by atoms with Crippen LogP contribution in [0.1, 0.15) is 19.8 Å². The Hall–Kier alpha value is -0.890. The zero-order valence-corrected chi connectivity index (χ0v) is 8.38. The van der Waals surface area contributed by atoms with Crippen LogP contribution in [0.15, 0.2) is 18.2 Å². The maximum atomic E-state index is 8.83. The van der Waals surface area contributed by atoms with Crippen molar-refractivity contribution >= 4 is 17.3 Å². The van der Waals surface area contributed by atoms with Gasteiger partial charge in [0.05, 0.1) is 0 Å². The van der Waals surface area contributed by atoms with Gasteiger partial charge in [0.2, 0.25) is 0 Å². The monoisotopic (exact) mass is 199 g/mol. The Kier molecular flexibility index (Phi) is 3.43. The zero-order chi connectivity index (χ0) is 9.84. The average Bonchev–Trinajstić information content (AvgIpc) is 2.69. The van der Waals surface area contributed by atoms with E-state index in [2.05, 4.69) is 6.92 Å². The minimum atomic E-state index is 0.0972. The molecule has 2 nitrogen and oxygen atoms in total. The number of phenols is 1. The molecule has 3 N–H and O–H groups in total. The standard InChI is InChI=1S/C6H6ClNO.C4H8/c7-4-1-5(8)3-6(9)2-4;1-4-2-3-4/h1-3,9H,8H2;4H,2-3H2,1H3. The van der Waals surface area contributed by atoms with E-state index >= 15 is 0 Å². The van der Waals surface area contributed by atoms with Crippen molar-refractivity contribution in [2.45, 2.75) is 19.8 Å². The van der Waals surface area contributed by atoms with Gasteiger partial charge in [-0.05, 0) is 18.1 Å². The van der Waals surface area contributed by atoms with Gasteiger partial charge in [-0.3, -0.25) is 0 Å². The summed E-state index contributed by atoms with van der Waals surface area (Å²) in [5.74, 6) is 1.18. The average molecular weight is 200 g/mol. The number of hydrogen-bond donors (Lipinski definition) is 2. The van der Waals surface area contributed by atoms with Crippen molar-refractivity contribution < 1.29 is 5.11 Å². The molecule has 0 aliphatic heterocycles. The van der Waals surface area contributed by atoms with Crippen molar-refractivity contribution in [3.63, 3.8) is 0 Å². The Bertz CT molecular complexity index is 234. The van der Waals surface area contributed by atoms with Crippen LogP contribution in [0.25, 0.3) is 0 Å². The summed E-state index contributed by atoms with van der Waals surface area (Å²) in [5.41, 5.74) is 5.79. The molecular weight excluding hydrogens is 186 g/mol. The summed E-state index contributed by atoms with van der Waals surface area (Å²) >= 11 is 5.51. The van der Waals surface area contributed by atoms with E-state index in [4.69, 9.17) is 22.4 Å². The Morgan fingerprint density at radius 1 is 1.38 bits per heavy atom. The highest BCUT2D eigenvalue weighted by atomic mass is 35.5. The van der Waals surface area contributed by atoms with Crippen LogP contribution in [0.2, 0.25) is 5.02 Å². The van der Waals surface area contributed by atoms with Gasteiger partial charge in [0.15, 0.2) is 0 Å². The fourth-order valence-corrected chi connectivity index (χ4v) is 1.00. The third-order valence-corrected chi connectivity index (χ3v) is 1.99. The predicted octanol–water partition coefficient (Wildman–Crippen LogP) is 3.04. The predicted molar refractivity (Wildman–Crippen MR) is 55.9 cm³/mol. The van der Waals surface area contributed by atoms with Crippen molar-refractivity contribution in [3.8, 4) is 5.75 Å². The number of rotatable bonds is 0. The lowest BCUT2D eigenvalue weighted by Gasteiger charge is -1.94. The quantitative estimate of drug-likeness (QED) is 0.631. The number of hydrogen-bond acceptors (Lipinski definition) is 2. The third kappa shape index (κ3) is 4.63. The molecule has 0 heterocycles. The van der Waals surface area contributed by atoms with Crippen molar-refractivity contribution in [2.24, 2.45) is 5.92 Å². The molecule has 0 atom stereocenters. The maximum Gasteiger partial charge on any atom is 0.119 e. The molecule has 1 aromatic rings. The first-order valence-corrected chi connectivity index (χ1v) is 4.71. The van der Waals surface area contributed by atoms with E-state index in [1.165, 1.54) is 25.0 Å². The minimum absolute atomic E-state index is 0.0972. The van der Waals surface area contributed by atoms with Crippen molar-refractivity contribution in [3.05, 3.63) is 23.2 Å². The van der Waals surface area contributed by atoms with E-state index in [0.717, 1.165) is 5.92 Å². The molecule has 1 fully saturated rings. The van der Waals surface area contributed by atoms with Gasteiger partial charge in [-0.25, -0.2) is 0 Å². The minimum Gasteiger partial charge on any atom is -0.508 e. The molecule has 1 saturated carbocycles. The van der Waals surface area contributed by atoms with Gasteiger partial charge in [-0.1, -0.05) is 31.4 Å². The van der Waals surface area contributed by atoms with Crippen LogP contribution in [0.3, 0.4) is 0 Å². The lowest BCUT2D eigenvalue weighted by atomic mass is 10.3. The highest BCUT2D eigenvalue weighted by molar-refractivity contribution is 6.31. The molecule has 0 aromatic heterocycles. The number of aromatic hydroxyl groups is 1. The summed E-state index contributed by atoms with van der Waals surface area (Å²) in [6, 6.07) is 4.44.